The first-order valence-corrected chi connectivity index (χ1v) is 7.26. The average molecular weight is 276 g/mol. The number of hydrogen-bond donors (Lipinski definition) is 1. The molecule has 1 aliphatic heterocycles. The minimum absolute atomic E-state index is 0.110. The standard InChI is InChI=1S/C16H24N2O2/c1-12-5-4-6-14(11-12)20-10-9-18(3)16(19)15-7-8-17-13(15)2/h4-6,11,13,15,17H,7-10H2,1-3H3. The van der Waals surface area contributed by atoms with Gasteiger partial charge in [0.05, 0.1) is 12.5 Å². The van der Waals surface area contributed by atoms with E-state index in [1.807, 2.05) is 38.2 Å². The van der Waals surface area contributed by atoms with Crippen molar-refractivity contribution in [2.75, 3.05) is 26.7 Å². The molecule has 1 amide bonds. The predicted octanol–water partition coefficient (Wildman–Crippen LogP) is 1.83. The van der Waals surface area contributed by atoms with Crippen molar-refractivity contribution < 1.29 is 9.53 Å². The lowest BCUT2D eigenvalue weighted by atomic mass is 10.0. The first-order valence-electron chi connectivity index (χ1n) is 7.26. The fourth-order valence-corrected chi connectivity index (χ4v) is 2.59. The second-order valence-electron chi connectivity index (χ2n) is 5.56. The van der Waals surface area contributed by atoms with E-state index >= 15 is 0 Å². The molecule has 1 N–H and O–H groups in total. The van der Waals surface area contributed by atoms with Crippen LogP contribution in [0, 0.1) is 12.8 Å². The van der Waals surface area contributed by atoms with Crippen molar-refractivity contribution in [2.24, 2.45) is 5.92 Å². The Morgan fingerprint density at radius 2 is 2.30 bits per heavy atom. The van der Waals surface area contributed by atoms with Crippen LogP contribution in [0.4, 0.5) is 0 Å². The molecule has 1 aliphatic rings. The van der Waals surface area contributed by atoms with Gasteiger partial charge >= 0.3 is 0 Å². The molecule has 110 valence electrons. The highest BCUT2D eigenvalue weighted by Gasteiger charge is 2.31. The van der Waals surface area contributed by atoms with Crippen molar-refractivity contribution in [3.63, 3.8) is 0 Å². The van der Waals surface area contributed by atoms with Crippen molar-refractivity contribution in [3.8, 4) is 5.75 Å². The molecule has 0 spiro atoms. The monoisotopic (exact) mass is 276 g/mol. The van der Waals surface area contributed by atoms with Crippen molar-refractivity contribution in [3.05, 3.63) is 29.8 Å². The zero-order valence-corrected chi connectivity index (χ0v) is 12.6. The molecule has 1 saturated heterocycles. The van der Waals surface area contributed by atoms with Gasteiger partial charge in [0.25, 0.3) is 0 Å². The Balaban J connectivity index is 1.77. The summed E-state index contributed by atoms with van der Waals surface area (Å²) in [5.74, 6) is 1.19. The Morgan fingerprint density at radius 3 is 2.95 bits per heavy atom. The van der Waals surface area contributed by atoms with Crippen LogP contribution in [0.2, 0.25) is 0 Å². The van der Waals surface area contributed by atoms with Gasteiger partial charge in [-0.1, -0.05) is 12.1 Å². The molecule has 20 heavy (non-hydrogen) atoms. The number of ether oxygens (including phenoxy) is 1. The molecule has 4 nitrogen and oxygen atoms in total. The summed E-state index contributed by atoms with van der Waals surface area (Å²) in [6, 6.07) is 8.24. The molecule has 0 saturated carbocycles. The molecule has 0 radical (unpaired) electrons. The highest BCUT2D eigenvalue weighted by Crippen LogP contribution is 2.17. The SMILES string of the molecule is Cc1cccc(OCCN(C)C(=O)C2CCNC2C)c1. The molecule has 1 aromatic carbocycles. The van der Waals surface area contributed by atoms with E-state index in [9.17, 15) is 4.79 Å². The summed E-state index contributed by atoms with van der Waals surface area (Å²) in [7, 11) is 1.85. The lowest BCUT2D eigenvalue weighted by Crippen LogP contribution is -2.39. The van der Waals surface area contributed by atoms with Crippen LogP contribution in [0.5, 0.6) is 5.75 Å². The third kappa shape index (κ3) is 3.73. The van der Waals surface area contributed by atoms with Crippen LogP contribution in [-0.2, 0) is 4.79 Å². The maximum Gasteiger partial charge on any atom is 0.227 e. The van der Waals surface area contributed by atoms with E-state index in [2.05, 4.69) is 12.2 Å². The van der Waals surface area contributed by atoms with Gasteiger partial charge in [-0.25, -0.2) is 0 Å². The van der Waals surface area contributed by atoms with E-state index < -0.39 is 0 Å². The van der Waals surface area contributed by atoms with Gasteiger partial charge in [0.15, 0.2) is 0 Å². The molecule has 2 rings (SSSR count). The van der Waals surface area contributed by atoms with Crippen molar-refractivity contribution in [1.29, 1.82) is 0 Å². The number of rotatable bonds is 5. The van der Waals surface area contributed by atoms with Crippen molar-refractivity contribution >= 4 is 5.91 Å². The van der Waals surface area contributed by atoms with Gasteiger partial charge in [0, 0.05) is 13.1 Å². The first kappa shape index (κ1) is 14.9. The average Bonchev–Trinajstić information content (AvgIpc) is 2.84. The van der Waals surface area contributed by atoms with Gasteiger partial charge in [-0.05, 0) is 44.5 Å². The maximum absolute atomic E-state index is 12.3. The van der Waals surface area contributed by atoms with Gasteiger partial charge < -0.3 is 15.0 Å². The van der Waals surface area contributed by atoms with E-state index in [1.54, 1.807) is 4.90 Å². The normalized spacial score (nSPS) is 21.8. The Kier molecular flexibility index (Phi) is 5.01. The minimum atomic E-state index is 0.110. The lowest BCUT2D eigenvalue weighted by molar-refractivity contribution is -0.134. The molecule has 2 atom stereocenters. The molecule has 1 fully saturated rings. The molecule has 1 heterocycles. The number of amides is 1. The van der Waals surface area contributed by atoms with Crippen LogP contribution in [0.25, 0.3) is 0 Å². The Hall–Kier alpha value is -1.55. The minimum Gasteiger partial charge on any atom is -0.492 e. The first-order chi connectivity index (χ1) is 9.58. The van der Waals surface area contributed by atoms with Gasteiger partial charge in [-0.15, -0.1) is 0 Å². The zero-order valence-electron chi connectivity index (χ0n) is 12.6. The van der Waals surface area contributed by atoms with Crippen LogP contribution in [-0.4, -0.2) is 43.6 Å². The number of nitrogens with one attached hydrogen (secondary N) is 1. The summed E-state index contributed by atoms with van der Waals surface area (Å²) in [6.45, 7) is 6.20. The quantitative estimate of drug-likeness (QED) is 0.892. The van der Waals surface area contributed by atoms with Crippen LogP contribution in [0.1, 0.15) is 18.9 Å². The summed E-state index contributed by atoms with van der Waals surface area (Å²) in [4.78, 5) is 14.1. The lowest BCUT2D eigenvalue weighted by Gasteiger charge is -2.23. The van der Waals surface area contributed by atoms with E-state index in [1.165, 1.54) is 5.56 Å². The summed E-state index contributed by atoms with van der Waals surface area (Å²) in [6.07, 6.45) is 0.934. The number of nitrogens with zero attached hydrogens (tertiary/aromatic N) is 1. The largest absolute Gasteiger partial charge is 0.492 e. The number of carbonyl (C=O) groups excluding carboxylic acids is 1. The van der Waals surface area contributed by atoms with Crippen LogP contribution < -0.4 is 10.1 Å². The van der Waals surface area contributed by atoms with Gasteiger partial charge in [0.2, 0.25) is 5.91 Å². The van der Waals surface area contributed by atoms with Crippen LogP contribution >= 0.6 is 0 Å². The molecule has 4 heteroatoms. The van der Waals surface area contributed by atoms with Crippen molar-refractivity contribution in [2.45, 2.75) is 26.3 Å². The fraction of sp³-hybridized carbons (Fsp3) is 0.562. The number of benzene rings is 1. The molecule has 2 unspecified atom stereocenters. The number of likely N-dealkylation sites (N-methyl/N-ethyl adjacent to an activating group) is 1. The van der Waals surface area contributed by atoms with Crippen molar-refractivity contribution in [1.82, 2.24) is 10.2 Å². The van der Waals surface area contributed by atoms with Gasteiger partial charge in [-0.3, -0.25) is 4.79 Å². The topological polar surface area (TPSA) is 41.6 Å². The van der Waals surface area contributed by atoms with Crippen LogP contribution in [0.15, 0.2) is 24.3 Å². The number of carbonyl (C=O) groups is 1. The Bertz CT molecular complexity index is 462. The predicted molar refractivity (Wildman–Crippen MR) is 79.9 cm³/mol. The van der Waals surface area contributed by atoms with E-state index in [-0.39, 0.29) is 17.9 Å². The fourth-order valence-electron chi connectivity index (χ4n) is 2.59. The molecule has 0 aromatic heterocycles. The maximum atomic E-state index is 12.3. The highest BCUT2D eigenvalue weighted by molar-refractivity contribution is 5.79. The van der Waals surface area contributed by atoms with Crippen LogP contribution in [0.3, 0.4) is 0 Å². The van der Waals surface area contributed by atoms with E-state index in [0.29, 0.717) is 13.2 Å². The summed E-state index contributed by atoms with van der Waals surface area (Å²) >= 11 is 0. The second-order valence-corrected chi connectivity index (χ2v) is 5.56. The smallest absolute Gasteiger partial charge is 0.227 e. The van der Waals surface area contributed by atoms with Gasteiger partial charge in [-0.2, -0.15) is 0 Å². The number of hydrogen-bond acceptors (Lipinski definition) is 3. The molecule has 0 aliphatic carbocycles. The molecule has 0 bridgehead atoms. The Morgan fingerprint density at radius 1 is 1.50 bits per heavy atom. The summed E-state index contributed by atoms with van der Waals surface area (Å²) in [5.41, 5.74) is 1.18. The summed E-state index contributed by atoms with van der Waals surface area (Å²) < 4.78 is 5.69. The molecular formula is C16H24N2O2. The Labute approximate surface area is 121 Å². The molecular weight excluding hydrogens is 252 g/mol. The number of aryl methyl sites for hydroxylation is 1. The second kappa shape index (κ2) is 6.75. The van der Waals surface area contributed by atoms with E-state index in [0.717, 1.165) is 18.7 Å². The zero-order chi connectivity index (χ0) is 14.5. The summed E-state index contributed by atoms with van der Waals surface area (Å²) in [5, 5.41) is 3.31. The molecule has 1 aromatic rings. The van der Waals surface area contributed by atoms with E-state index in [4.69, 9.17) is 4.74 Å². The highest BCUT2D eigenvalue weighted by atomic mass is 16.5. The third-order valence-corrected chi connectivity index (χ3v) is 3.90. The van der Waals surface area contributed by atoms with Gasteiger partial charge in [0.1, 0.15) is 12.4 Å². The third-order valence-electron chi connectivity index (χ3n) is 3.90.